The Labute approximate surface area is 230 Å². The van der Waals surface area contributed by atoms with E-state index in [1.807, 2.05) is 32.0 Å². The number of ether oxygens (including phenoxy) is 1. The van der Waals surface area contributed by atoms with Gasteiger partial charge in [-0.1, -0.05) is 38.5 Å². The van der Waals surface area contributed by atoms with Crippen molar-refractivity contribution in [3.8, 4) is 0 Å². The van der Waals surface area contributed by atoms with Crippen molar-refractivity contribution >= 4 is 29.3 Å². The van der Waals surface area contributed by atoms with Gasteiger partial charge in [0.05, 0.1) is 24.5 Å². The summed E-state index contributed by atoms with van der Waals surface area (Å²) in [4.78, 5) is 65.7. The van der Waals surface area contributed by atoms with E-state index in [2.05, 4.69) is 26.1 Å². The lowest BCUT2D eigenvalue weighted by Crippen LogP contribution is -2.58. The number of carbonyl (C=O) groups excluding carboxylic acids is 4. The number of aryl methyl sites for hydroxylation is 1. The van der Waals surface area contributed by atoms with Gasteiger partial charge in [0.1, 0.15) is 31.4 Å². The van der Waals surface area contributed by atoms with Crippen LogP contribution in [0.25, 0.3) is 0 Å². The van der Waals surface area contributed by atoms with Gasteiger partial charge in [-0.15, -0.1) is 0 Å². The Hall–Kier alpha value is -4.00. The minimum Gasteiger partial charge on any atom is -0.369 e. The standard InChI is InChI=1S/C27H35FN6O6/c1-3-15(2)23(31-22(36)14-40-10-9-28)26(38)30-19-8-7-16-5-4-6-17-11-20(34(24(16)17)27(19)39)25(37)29-13-18-12-21(35)33-32-18/h4-6,12,15,19-20,23H,3,7-11,13-14H2,1-2H3,(H,29,37)(H,30,38)(H,31,36)(H2,32,33,35)/t15-,19-,20-,23-/m0/s1. The van der Waals surface area contributed by atoms with Crippen LogP contribution in [0.5, 0.6) is 0 Å². The lowest BCUT2D eigenvalue weighted by Gasteiger charge is -2.29. The highest BCUT2D eigenvalue weighted by atomic mass is 19.1. The molecule has 13 heteroatoms. The molecule has 4 amide bonds. The first-order valence-electron chi connectivity index (χ1n) is 13.4. The summed E-state index contributed by atoms with van der Waals surface area (Å²) in [5.41, 5.74) is 2.64. The van der Waals surface area contributed by atoms with E-state index in [9.17, 15) is 28.4 Å². The molecule has 2 aromatic rings. The van der Waals surface area contributed by atoms with Crippen molar-refractivity contribution in [1.29, 1.82) is 0 Å². The maximum atomic E-state index is 13.9. The number of hydrogen-bond acceptors (Lipinski definition) is 6. The topological polar surface area (TPSA) is 165 Å². The number of nitrogens with one attached hydrogen (secondary N) is 5. The molecule has 40 heavy (non-hydrogen) atoms. The van der Waals surface area contributed by atoms with Gasteiger partial charge in [0, 0.05) is 12.5 Å². The number of para-hydroxylation sites is 1. The predicted molar refractivity (Wildman–Crippen MR) is 143 cm³/mol. The number of alkyl halides is 1. The molecule has 0 aliphatic carbocycles. The second kappa shape index (κ2) is 12.9. The Bertz CT molecular complexity index is 1310. The fourth-order valence-corrected chi connectivity index (χ4v) is 5.14. The van der Waals surface area contributed by atoms with Crippen LogP contribution in [-0.2, 0) is 43.3 Å². The number of H-pyrrole nitrogens is 2. The fraction of sp³-hybridized carbons (Fsp3) is 0.519. The SMILES string of the molecule is CC[C@H](C)[C@H](NC(=O)COCCF)C(=O)N[C@H]1CCc2cccc3c2N(C1=O)[C@H](C(=O)NCc1cc(=O)[nH][nH]1)C3. The van der Waals surface area contributed by atoms with Crippen molar-refractivity contribution in [2.75, 3.05) is 24.8 Å². The zero-order valence-corrected chi connectivity index (χ0v) is 22.6. The molecule has 2 aliphatic heterocycles. The summed E-state index contributed by atoms with van der Waals surface area (Å²) in [6.07, 6.45) is 1.72. The van der Waals surface area contributed by atoms with Gasteiger partial charge in [-0.05, 0) is 29.9 Å². The van der Waals surface area contributed by atoms with E-state index in [0.29, 0.717) is 37.1 Å². The van der Waals surface area contributed by atoms with Crippen molar-refractivity contribution in [1.82, 2.24) is 26.1 Å². The van der Waals surface area contributed by atoms with Crippen LogP contribution in [0, 0.1) is 5.92 Å². The highest BCUT2D eigenvalue weighted by Gasteiger charge is 2.44. The molecule has 0 bridgehead atoms. The summed E-state index contributed by atoms with van der Waals surface area (Å²) >= 11 is 0. The van der Waals surface area contributed by atoms with Crippen LogP contribution in [0.2, 0.25) is 0 Å². The van der Waals surface area contributed by atoms with Crippen molar-refractivity contribution < 1.29 is 28.3 Å². The number of amides is 4. The second-order valence-corrected chi connectivity index (χ2v) is 10.1. The Morgan fingerprint density at radius 2 is 1.98 bits per heavy atom. The Morgan fingerprint density at radius 3 is 2.67 bits per heavy atom. The first-order valence-corrected chi connectivity index (χ1v) is 13.4. The minimum absolute atomic E-state index is 0.0742. The molecule has 0 unspecified atom stereocenters. The van der Waals surface area contributed by atoms with E-state index in [1.54, 1.807) is 0 Å². The smallest absolute Gasteiger partial charge is 0.264 e. The summed E-state index contributed by atoms with van der Waals surface area (Å²) in [5.74, 6) is -2.12. The van der Waals surface area contributed by atoms with E-state index >= 15 is 0 Å². The summed E-state index contributed by atoms with van der Waals surface area (Å²) in [6, 6.07) is 4.34. The Kier molecular flexibility index (Phi) is 9.35. The zero-order chi connectivity index (χ0) is 28.8. The van der Waals surface area contributed by atoms with Crippen LogP contribution in [0.4, 0.5) is 10.1 Å². The molecule has 12 nitrogen and oxygen atoms in total. The van der Waals surface area contributed by atoms with Crippen LogP contribution in [-0.4, -0.2) is 71.8 Å². The number of aromatic amines is 2. The molecule has 0 fully saturated rings. The number of nitrogens with zero attached hydrogens (tertiary/aromatic N) is 1. The maximum absolute atomic E-state index is 13.9. The maximum Gasteiger partial charge on any atom is 0.264 e. The van der Waals surface area contributed by atoms with Crippen LogP contribution in [0.3, 0.4) is 0 Å². The van der Waals surface area contributed by atoms with Crippen LogP contribution in [0.1, 0.15) is 43.5 Å². The van der Waals surface area contributed by atoms with Crippen molar-refractivity contribution in [3.05, 3.63) is 51.4 Å². The van der Waals surface area contributed by atoms with Gasteiger partial charge < -0.3 is 25.8 Å². The largest absolute Gasteiger partial charge is 0.369 e. The van der Waals surface area contributed by atoms with Crippen LogP contribution >= 0.6 is 0 Å². The number of carbonyl (C=O) groups is 4. The summed E-state index contributed by atoms with van der Waals surface area (Å²) in [5, 5.41) is 13.3. The average molecular weight is 559 g/mol. The Balaban J connectivity index is 1.51. The van der Waals surface area contributed by atoms with Gasteiger partial charge in [-0.3, -0.25) is 34.0 Å². The molecular formula is C27H35FN6O6. The zero-order valence-electron chi connectivity index (χ0n) is 22.6. The van der Waals surface area contributed by atoms with Crippen molar-refractivity contribution in [2.24, 2.45) is 5.92 Å². The molecule has 3 heterocycles. The number of anilines is 1. The third-order valence-corrected chi connectivity index (χ3v) is 7.40. The number of rotatable bonds is 12. The van der Waals surface area contributed by atoms with E-state index in [0.717, 1.165) is 11.1 Å². The molecule has 5 N–H and O–H groups in total. The minimum atomic E-state index is -0.929. The normalized spacial score (nSPS) is 19.4. The molecule has 216 valence electrons. The van der Waals surface area contributed by atoms with Crippen LogP contribution in [0.15, 0.2) is 29.1 Å². The van der Waals surface area contributed by atoms with Crippen LogP contribution < -0.4 is 26.4 Å². The number of hydrogen-bond donors (Lipinski definition) is 5. The van der Waals surface area contributed by atoms with E-state index in [1.165, 1.54) is 11.0 Å². The first kappa shape index (κ1) is 29.0. The number of benzene rings is 1. The Morgan fingerprint density at radius 1 is 1.20 bits per heavy atom. The van der Waals surface area contributed by atoms with Gasteiger partial charge in [0.2, 0.25) is 23.6 Å². The average Bonchev–Trinajstić information content (AvgIpc) is 3.51. The molecule has 0 spiro atoms. The lowest BCUT2D eigenvalue weighted by molar-refractivity contribution is -0.134. The van der Waals surface area contributed by atoms with Gasteiger partial charge in [0.15, 0.2) is 0 Å². The second-order valence-electron chi connectivity index (χ2n) is 10.1. The highest BCUT2D eigenvalue weighted by Crippen LogP contribution is 2.39. The van der Waals surface area contributed by atoms with Gasteiger partial charge in [-0.25, -0.2) is 4.39 Å². The first-order chi connectivity index (χ1) is 19.2. The van der Waals surface area contributed by atoms with Gasteiger partial charge in [-0.2, -0.15) is 0 Å². The molecular weight excluding hydrogens is 523 g/mol. The van der Waals surface area contributed by atoms with Crippen molar-refractivity contribution in [3.63, 3.8) is 0 Å². The molecule has 1 aromatic carbocycles. The van der Waals surface area contributed by atoms with E-state index in [4.69, 9.17) is 4.74 Å². The van der Waals surface area contributed by atoms with Gasteiger partial charge in [0.25, 0.3) is 5.56 Å². The molecule has 0 saturated heterocycles. The number of aromatic nitrogens is 2. The molecule has 1 aromatic heterocycles. The quantitative estimate of drug-likeness (QED) is 0.234. The molecule has 0 radical (unpaired) electrons. The predicted octanol–water partition coefficient (Wildman–Crippen LogP) is 0.225. The summed E-state index contributed by atoms with van der Waals surface area (Å²) in [7, 11) is 0. The highest BCUT2D eigenvalue weighted by molar-refractivity contribution is 6.08. The molecule has 4 rings (SSSR count). The van der Waals surface area contributed by atoms with E-state index < -0.39 is 42.5 Å². The lowest BCUT2D eigenvalue weighted by atomic mass is 9.97. The molecule has 0 saturated carbocycles. The molecule has 4 atom stereocenters. The van der Waals surface area contributed by atoms with Crippen molar-refractivity contribution in [2.45, 2.75) is 64.2 Å². The third-order valence-electron chi connectivity index (χ3n) is 7.40. The molecule has 2 aliphatic rings. The van der Waals surface area contributed by atoms with Gasteiger partial charge >= 0.3 is 0 Å². The fourth-order valence-electron chi connectivity index (χ4n) is 5.14. The third kappa shape index (κ3) is 6.41. The summed E-state index contributed by atoms with van der Waals surface area (Å²) in [6.45, 7) is 2.43. The number of halogens is 1. The monoisotopic (exact) mass is 558 g/mol. The van der Waals surface area contributed by atoms with E-state index in [-0.39, 0.29) is 37.1 Å². The summed E-state index contributed by atoms with van der Waals surface area (Å²) < 4.78 is 17.3.